The van der Waals surface area contributed by atoms with Crippen LogP contribution < -0.4 is 4.72 Å². The van der Waals surface area contributed by atoms with Crippen molar-refractivity contribution in [3.8, 4) is 0 Å². The highest BCUT2D eigenvalue weighted by atomic mass is 35.5. The summed E-state index contributed by atoms with van der Waals surface area (Å²) >= 11 is 5.90. The molecule has 1 saturated heterocycles. The van der Waals surface area contributed by atoms with Crippen molar-refractivity contribution in [2.75, 3.05) is 20.2 Å². The number of halogens is 1. The zero-order valence-corrected chi connectivity index (χ0v) is 20.4. The largest absolute Gasteiger partial charge is 0.469 e. The van der Waals surface area contributed by atoms with E-state index in [1.165, 1.54) is 24.8 Å². The quantitative estimate of drug-likeness (QED) is 0.290. The van der Waals surface area contributed by atoms with E-state index in [0.29, 0.717) is 24.4 Å². The summed E-state index contributed by atoms with van der Waals surface area (Å²) in [6, 6.07) is 16.4. The molecule has 2 aromatic rings. The number of unbranched alkanes of at least 4 members (excludes halogenated alkanes) is 1. The van der Waals surface area contributed by atoms with Gasteiger partial charge in [0.1, 0.15) is 0 Å². The summed E-state index contributed by atoms with van der Waals surface area (Å²) < 4.78 is 33.2. The van der Waals surface area contributed by atoms with E-state index in [1.807, 2.05) is 18.2 Å². The number of sulfonamides is 1. The van der Waals surface area contributed by atoms with E-state index >= 15 is 0 Å². The summed E-state index contributed by atoms with van der Waals surface area (Å²) in [5, 5.41) is 0.499. The highest BCUT2D eigenvalue weighted by molar-refractivity contribution is 7.89. The Hall–Kier alpha value is -2.19. The highest BCUT2D eigenvalue weighted by Crippen LogP contribution is 2.23. The number of likely N-dealkylation sites (tertiary alicyclic amines) is 1. The Kier molecular flexibility index (Phi) is 9.50. The van der Waals surface area contributed by atoms with E-state index < -0.39 is 10.0 Å². The first-order chi connectivity index (χ1) is 15.9. The number of nitrogens with one attached hydrogen (secondary N) is 1. The van der Waals surface area contributed by atoms with Crippen LogP contribution in [0.3, 0.4) is 0 Å². The Balaban J connectivity index is 1.63. The minimum atomic E-state index is -3.63. The number of carbonyl (C=O) groups is 1. The predicted octanol–water partition coefficient (Wildman–Crippen LogP) is 4.20. The van der Waals surface area contributed by atoms with Crippen LogP contribution in [0, 0.1) is 0 Å². The van der Waals surface area contributed by atoms with Crippen molar-refractivity contribution >= 4 is 27.6 Å². The topological polar surface area (TPSA) is 75.7 Å². The lowest BCUT2D eigenvalue weighted by Crippen LogP contribution is -2.37. The number of rotatable bonds is 11. The summed E-state index contributed by atoms with van der Waals surface area (Å²) in [5.41, 5.74) is 1.25. The number of benzene rings is 2. The maximum atomic E-state index is 12.8. The van der Waals surface area contributed by atoms with Crippen LogP contribution in [-0.4, -0.2) is 51.6 Å². The van der Waals surface area contributed by atoms with E-state index in [0.717, 1.165) is 25.8 Å². The first-order valence-corrected chi connectivity index (χ1v) is 13.0. The maximum absolute atomic E-state index is 12.8. The Labute approximate surface area is 201 Å². The van der Waals surface area contributed by atoms with Crippen LogP contribution in [-0.2, 0) is 26.0 Å². The summed E-state index contributed by atoms with van der Waals surface area (Å²) in [6.07, 6.45) is 7.70. The van der Waals surface area contributed by atoms with Gasteiger partial charge in [-0.2, -0.15) is 0 Å². The van der Waals surface area contributed by atoms with Gasteiger partial charge in [-0.05, 0) is 55.5 Å². The van der Waals surface area contributed by atoms with Crippen molar-refractivity contribution in [2.45, 2.75) is 49.1 Å². The van der Waals surface area contributed by atoms with Crippen molar-refractivity contribution in [1.82, 2.24) is 9.62 Å². The van der Waals surface area contributed by atoms with Crippen LogP contribution in [0.5, 0.6) is 0 Å². The average molecular weight is 491 g/mol. The molecule has 6 nitrogen and oxygen atoms in total. The number of methoxy groups -OCH3 is 1. The minimum absolute atomic E-state index is 0.129. The lowest BCUT2D eigenvalue weighted by Gasteiger charge is -2.21. The van der Waals surface area contributed by atoms with Gasteiger partial charge in [0.25, 0.3) is 0 Å². The maximum Gasteiger partial charge on any atom is 0.305 e. The minimum Gasteiger partial charge on any atom is -0.469 e. The molecule has 1 aliphatic rings. The molecular weight excluding hydrogens is 460 g/mol. The Morgan fingerprint density at radius 3 is 2.61 bits per heavy atom. The third-order valence-corrected chi connectivity index (χ3v) is 7.55. The molecule has 3 rings (SSSR count). The van der Waals surface area contributed by atoms with Gasteiger partial charge in [-0.3, -0.25) is 9.69 Å². The standard InChI is InChI=1S/C25H31ClN2O4S/c1-32-25(29)11-7-3-6-10-23-18-22(19-28(23)17-16-20-8-4-2-5-9-20)27-33(30,31)24-14-12-21(26)13-15-24/h2,4-6,8-10,12-15,22-23,27H,3,7,11,16-19H2,1H3/t22-,23-/m1/s1. The molecule has 178 valence electrons. The van der Waals surface area contributed by atoms with E-state index in [2.05, 4.69) is 38.6 Å². The number of hydrogen-bond acceptors (Lipinski definition) is 5. The van der Waals surface area contributed by atoms with Crippen LogP contribution in [0.2, 0.25) is 5.02 Å². The van der Waals surface area contributed by atoms with Gasteiger partial charge in [0.15, 0.2) is 0 Å². The molecule has 0 aromatic heterocycles. The second kappa shape index (κ2) is 12.3. The molecule has 2 atom stereocenters. The third-order valence-electron chi connectivity index (χ3n) is 5.76. The van der Waals surface area contributed by atoms with Crippen LogP contribution in [0.1, 0.15) is 31.2 Å². The number of hydrogen-bond donors (Lipinski definition) is 1. The normalized spacial score (nSPS) is 19.2. The summed E-state index contributed by atoms with van der Waals surface area (Å²) in [7, 11) is -2.23. The molecule has 2 aromatic carbocycles. The van der Waals surface area contributed by atoms with Crippen LogP contribution in [0.4, 0.5) is 0 Å². The van der Waals surface area contributed by atoms with Gasteiger partial charge in [0.05, 0.1) is 12.0 Å². The van der Waals surface area contributed by atoms with Crippen molar-refractivity contribution in [2.24, 2.45) is 0 Å². The van der Waals surface area contributed by atoms with Crippen LogP contribution >= 0.6 is 11.6 Å². The predicted molar refractivity (Wildman–Crippen MR) is 131 cm³/mol. The monoisotopic (exact) mass is 490 g/mol. The Morgan fingerprint density at radius 2 is 1.91 bits per heavy atom. The molecule has 0 unspecified atom stereocenters. The smallest absolute Gasteiger partial charge is 0.305 e. The first kappa shape index (κ1) is 25.4. The van der Waals surface area contributed by atoms with Gasteiger partial charge in [-0.15, -0.1) is 0 Å². The van der Waals surface area contributed by atoms with Crippen molar-refractivity contribution in [1.29, 1.82) is 0 Å². The van der Waals surface area contributed by atoms with Crippen LogP contribution in [0.15, 0.2) is 71.6 Å². The lowest BCUT2D eigenvalue weighted by molar-refractivity contribution is -0.140. The lowest BCUT2D eigenvalue weighted by atomic mass is 10.1. The molecule has 0 aliphatic carbocycles. The second-order valence-electron chi connectivity index (χ2n) is 8.20. The molecule has 1 heterocycles. The van der Waals surface area contributed by atoms with Gasteiger partial charge < -0.3 is 4.74 Å². The SMILES string of the molecule is COC(=O)CCCC=C[C@@H]1C[C@@H](NS(=O)(=O)c2ccc(Cl)cc2)CN1CCc1ccccc1. The number of esters is 1. The molecule has 1 N–H and O–H groups in total. The average Bonchev–Trinajstić information content (AvgIpc) is 3.18. The fourth-order valence-corrected chi connectivity index (χ4v) is 5.38. The zero-order chi connectivity index (χ0) is 23.7. The molecule has 33 heavy (non-hydrogen) atoms. The fraction of sp³-hybridized carbons (Fsp3) is 0.400. The number of ether oxygens (including phenoxy) is 1. The molecular formula is C25H31ClN2O4S. The highest BCUT2D eigenvalue weighted by Gasteiger charge is 2.33. The third kappa shape index (κ3) is 7.96. The van der Waals surface area contributed by atoms with E-state index in [-0.39, 0.29) is 22.9 Å². The van der Waals surface area contributed by atoms with Crippen molar-refractivity contribution < 1.29 is 17.9 Å². The second-order valence-corrected chi connectivity index (χ2v) is 10.4. The number of allylic oxidation sites excluding steroid dienone is 1. The Morgan fingerprint density at radius 1 is 1.18 bits per heavy atom. The summed E-state index contributed by atoms with van der Waals surface area (Å²) in [6.45, 7) is 1.47. The zero-order valence-electron chi connectivity index (χ0n) is 18.8. The molecule has 0 saturated carbocycles. The van der Waals surface area contributed by atoms with E-state index in [9.17, 15) is 13.2 Å². The van der Waals surface area contributed by atoms with Crippen LogP contribution in [0.25, 0.3) is 0 Å². The van der Waals surface area contributed by atoms with Gasteiger partial charge >= 0.3 is 5.97 Å². The van der Waals surface area contributed by atoms with Gasteiger partial charge in [-0.25, -0.2) is 13.1 Å². The van der Waals surface area contributed by atoms with Crippen molar-refractivity contribution in [3.63, 3.8) is 0 Å². The molecule has 0 bridgehead atoms. The Bertz CT molecular complexity index is 1030. The first-order valence-electron chi connectivity index (χ1n) is 11.2. The van der Waals surface area contributed by atoms with E-state index in [1.54, 1.807) is 12.1 Å². The van der Waals surface area contributed by atoms with Gasteiger partial charge in [0, 0.05) is 36.6 Å². The molecule has 1 aliphatic heterocycles. The van der Waals surface area contributed by atoms with E-state index in [4.69, 9.17) is 11.6 Å². The van der Waals surface area contributed by atoms with Gasteiger partial charge in [-0.1, -0.05) is 54.1 Å². The molecule has 0 amide bonds. The molecule has 1 fully saturated rings. The summed E-state index contributed by atoms with van der Waals surface area (Å²) in [4.78, 5) is 13.8. The summed E-state index contributed by atoms with van der Waals surface area (Å²) in [5.74, 6) is -0.203. The van der Waals surface area contributed by atoms with Crippen molar-refractivity contribution in [3.05, 3.63) is 77.3 Å². The molecule has 0 spiro atoms. The molecule has 8 heteroatoms. The number of nitrogens with zero attached hydrogens (tertiary/aromatic N) is 1. The molecule has 0 radical (unpaired) electrons. The number of carbonyl (C=O) groups excluding carboxylic acids is 1. The fourth-order valence-electron chi connectivity index (χ4n) is 4.01. The van der Waals surface area contributed by atoms with Gasteiger partial charge in [0.2, 0.25) is 10.0 Å².